The van der Waals surface area contributed by atoms with Crippen molar-refractivity contribution in [2.45, 2.75) is 13.2 Å². The van der Waals surface area contributed by atoms with Crippen LogP contribution in [-0.2, 0) is 17.9 Å². The zero-order valence-electron chi connectivity index (χ0n) is 13.4. The average Bonchev–Trinajstić information content (AvgIpc) is 2.60. The molecule has 0 atom stereocenters. The summed E-state index contributed by atoms with van der Waals surface area (Å²) < 4.78 is 10.1. The first kappa shape index (κ1) is 17.4. The van der Waals surface area contributed by atoms with Crippen LogP contribution < -0.4 is 10.1 Å². The zero-order chi connectivity index (χ0) is 17.5. The van der Waals surface area contributed by atoms with E-state index >= 15 is 0 Å². The van der Waals surface area contributed by atoms with E-state index in [1.807, 2.05) is 24.3 Å². The number of nitro benzene ring substituents is 1. The second kappa shape index (κ2) is 8.07. The number of nitrogens with zero attached hydrogens (tertiary/aromatic N) is 1. The number of carbonyl (C=O) groups excluding carboxylic acids is 1. The van der Waals surface area contributed by atoms with Crippen LogP contribution in [0.4, 0.5) is 5.69 Å². The Bertz CT molecular complexity index is 746. The standard InChI is InChI=1S/C17H18N2O5/c1-23-11-14-6-4-3-5-13(14)10-18-17(20)12-7-8-16(24-2)15(9-12)19(21)22/h3-9H,10-11H2,1-2H3,(H,18,20). The quantitative estimate of drug-likeness (QED) is 0.622. The summed E-state index contributed by atoms with van der Waals surface area (Å²) >= 11 is 0. The van der Waals surface area contributed by atoms with Gasteiger partial charge < -0.3 is 14.8 Å². The molecule has 0 aliphatic carbocycles. The molecule has 0 bridgehead atoms. The molecule has 126 valence electrons. The summed E-state index contributed by atoms with van der Waals surface area (Å²) in [5.41, 5.74) is 1.85. The third-order valence-corrected chi connectivity index (χ3v) is 3.50. The molecule has 2 aromatic carbocycles. The van der Waals surface area contributed by atoms with Crippen molar-refractivity contribution in [1.29, 1.82) is 0 Å². The molecule has 1 N–H and O–H groups in total. The summed E-state index contributed by atoms with van der Waals surface area (Å²) in [4.78, 5) is 22.7. The van der Waals surface area contributed by atoms with E-state index in [0.29, 0.717) is 13.2 Å². The van der Waals surface area contributed by atoms with Gasteiger partial charge in [-0.15, -0.1) is 0 Å². The fourth-order valence-electron chi connectivity index (χ4n) is 2.28. The Kier molecular flexibility index (Phi) is 5.86. The van der Waals surface area contributed by atoms with Crippen molar-refractivity contribution in [2.75, 3.05) is 14.2 Å². The normalized spacial score (nSPS) is 10.2. The molecular formula is C17H18N2O5. The molecule has 0 fully saturated rings. The van der Waals surface area contributed by atoms with E-state index in [9.17, 15) is 14.9 Å². The van der Waals surface area contributed by atoms with Gasteiger partial charge in [0.25, 0.3) is 5.91 Å². The minimum absolute atomic E-state index is 0.113. The van der Waals surface area contributed by atoms with Gasteiger partial charge in [0.05, 0.1) is 18.6 Å². The Labute approximate surface area is 139 Å². The number of methoxy groups -OCH3 is 2. The number of benzene rings is 2. The van der Waals surface area contributed by atoms with Crippen LogP contribution in [0.2, 0.25) is 0 Å². The van der Waals surface area contributed by atoms with E-state index in [0.717, 1.165) is 11.1 Å². The average molecular weight is 330 g/mol. The van der Waals surface area contributed by atoms with Gasteiger partial charge in [-0.05, 0) is 23.3 Å². The first-order valence-electron chi connectivity index (χ1n) is 7.23. The second-order valence-electron chi connectivity index (χ2n) is 5.03. The first-order valence-corrected chi connectivity index (χ1v) is 7.23. The second-order valence-corrected chi connectivity index (χ2v) is 5.03. The predicted molar refractivity (Wildman–Crippen MR) is 88.0 cm³/mol. The summed E-state index contributed by atoms with van der Waals surface area (Å²) in [5.74, 6) is -0.282. The number of hydrogen-bond acceptors (Lipinski definition) is 5. The first-order chi connectivity index (χ1) is 11.6. The van der Waals surface area contributed by atoms with Crippen molar-refractivity contribution in [1.82, 2.24) is 5.32 Å². The van der Waals surface area contributed by atoms with E-state index in [4.69, 9.17) is 9.47 Å². The van der Waals surface area contributed by atoms with E-state index in [1.165, 1.54) is 25.3 Å². The third kappa shape index (κ3) is 4.08. The highest BCUT2D eigenvalue weighted by Crippen LogP contribution is 2.27. The Morgan fingerprint density at radius 1 is 1.17 bits per heavy atom. The number of rotatable bonds is 7. The predicted octanol–water partition coefficient (Wildman–Crippen LogP) is 2.68. The lowest BCUT2D eigenvalue weighted by Gasteiger charge is -2.10. The molecule has 0 heterocycles. The molecule has 0 aromatic heterocycles. The minimum Gasteiger partial charge on any atom is -0.490 e. The molecule has 1 amide bonds. The van der Waals surface area contributed by atoms with Gasteiger partial charge in [-0.25, -0.2) is 0 Å². The Morgan fingerprint density at radius 3 is 2.50 bits per heavy atom. The minimum atomic E-state index is -0.580. The number of hydrogen-bond donors (Lipinski definition) is 1. The molecule has 0 saturated heterocycles. The Balaban J connectivity index is 2.13. The van der Waals surface area contributed by atoms with Gasteiger partial charge in [0, 0.05) is 25.3 Å². The largest absolute Gasteiger partial charge is 0.490 e. The number of nitro groups is 1. The van der Waals surface area contributed by atoms with Crippen molar-refractivity contribution in [3.63, 3.8) is 0 Å². The fraction of sp³-hybridized carbons (Fsp3) is 0.235. The summed E-state index contributed by atoms with van der Waals surface area (Å²) in [7, 11) is 2.95. The highest BCUT2D eigenvalue weighted by Gasteiger charge is 2.18. The molecule has 0 spiro atoms. The van der Waals surface area contributed by atoms with Crippen LogP contribution in [-0.4, -0.2) is 25.1 Å². The lowest BCUT2D eigenvalue weighted by Crippen LogP contribution is -2.23. The van der Waals surface area contributed by atoms with Crippen LogP contribution in [0.3, 0.4) is 0 Å². The van der Waals surface area contributed by atoms with Crippen molar-refractivity contribution < 1.29 is 19.2 Å². The molecule has 0 unspecified atom stereocenters. The van der Waals surface area contributed by atoms with Gasteiger partial charge >= 0.3 is 5.69 Å². The molecule has 7 heteroatoms. The maximum Gasteiger partial charge on any atom is 0.311 e. The van der Waals surface area contributed by atoms with Crippen LogP contribution in [0.15, 0.2) is 42.5 Å². The molecule has 0 radical (unpaired) electrons. The van der Waals surface area contributed by atoms with Gasteiger partial charge in [0.2, 0.25) is 0 Å². The van der Waals surface area contributed by atoms with Crippen LogP contribution in [0.25, 0.3) is 0 Å². The topological polar surface area (TPSA) is 90.7 Å². The number of ether oxygens (including phenoxy) is 2. The molecule has 0 aliphatic rings. The Hall–Kier alpha value is -2.93. The lowest BCUT2D eigenvalue weighted by molar-refractivity contribution is -0.385. The summed E-state index contributed by atoms with van der Waals surface area (Å²) in [6.45, 7) is 0.748. The molecule has 0 aliphatic heterocycles. The number of amides is 1. The fourth-order valence-corrected chi connectivity index (χ4v) is 2.28. The molecular weight excluding hydrogens is 312 g/mol. The zero-order valence-corrected chi connectivity index (χ0v) is 13.4. The molecule has 0 saturated carbocycles. The Morgan fingerprint density at radius 2 is 1.88 bits per heavy atom. The van der Waals surface area contributed by atoms with Crippen LogP contribution in [0, 0.1) is 10.1 Å². The molecule has 2 rings (SSSR count). The van der Waals surface area contributed by atoms with Crippen molar-refractivity contribution >= 4 is 11.6 Å². The van der Waals surface area contributed by atoms with E-state index in [2.05, 4.69) is 5.32 Å². The highest BCUT2D eigenvalue weighted by atomic mass is 16.6. The van der Waals surface area contributed by atoms with Gasteiger partial charge in [0.1, 0.15) is 0 Å². The molecule has 2 aromatic rings. The van der Waals surface area contributed by atoms with Gasteiger partial charge in [0.15, 0.2) is 5.75 Å². The lowest BCUT2D eigenvalue weighted by atomic mass is 10.1. The summed E-state index contributed by atoms with van der Waals surface area (Å²) in [6, 6.07) is 11.7. The number of nitrogens with one attached hydrogen (secondary N) is 1. The van der Waals surface area contributed by atoms with E-state index < -0.39 is 10.8 Å². The smallest absolute Gasteiger partial charge is 0.311 e. The third-order valence-electron chi connectivity index (χ3n) is 3.50. The van der Waals surface area contributed by atoms with Gasteiger partial charge in [-0.3, -0.25) is 14.9 Å². The molecule has 7 nitrogen and oxygen atoms in total. The van der Waals surface area contributed by atoms with Crippen molar-refractivity contribution in [3.05, 3.63) is 69.3 Å². The van der Waals surface area contributed by atoms with Crippen molar-refractivity contribution in [2.24, 2.45) is 0 Å². The van der Waals surface area contributed by atoms with Gasteiger partial charge in [-0.1, -0.05) is 24.3 Å². The SMILES string of the molecule is COCc1ccccc1CNC(=O)c1ccc(OC)c([N+](=O)[O-])c1. The van der Waals surface area contributed by atoms with Crippen LogP contribution in [0.5, 0.6) is 5.75 Å². The van der Waals surface area contributed by atoms with Crippen LogP contribution >= 0.6 is 0 Å². The van der Waals surface area contributed by atoms with Gasteiger partial charge in [-0.2, -0.15) is 0 Å². The maximum absolute atomic E-state index is 12.3. The van der Waals surface area contributed by atoms with Crippen LogP contribution in [0.1, 0.15) is 21.5 Å². The van der Waals surface area contributed by atoms with E-state index in [-0.39, 0.29) is 17.0 Å². The maximum atomic E-state index is 12.3. The highest BCUT2D eigenvalue weighted by molar-refractivity contribution is 5.95. The summed E-state index contributed by atoms with van der Waals surface area (Å²) in [5, 5.41) is 13.8. The molecule has 24 heavy (non-hydrogen) atoms. The van der Waals surface area contributed by atoms with E-state index in [1.54, 1.807) is 7.11 Å². The summed E-state index contributed by atoms with van der Waals surface area (Å²) in [6.07, 6.45) is 0. The number of carbonyl (C=O) groups is 1. The monoisotopic (exact) mass is 330 g/mol. The van der Waals surface area contributed by atoms with Crippen molar-refractivity contribution in [3.8, 4) is 5.75 Å².